The lowest BCUT2D eigenvalue weighted by Crippen LogP contribution is -2.43. The first-order valence-electron chi connectivity index (χ1n) is 5.79. The third-order valence-corrected chi connectivity index (χ3v) is 5.13. The van der Waals surface area contributed by atoms with E-state index in [4.69, 9.17) is 0 Å². The lowest BCUT2D eigenvalue weighted by atomic mass is 10.0. The second-order valence-corrected chi connectivity index (χ2v) is 6.64. The molecule has 1 aromatic heterocycles. The highest BCUT2D eigenvalue weighted by Gasteiger charge is 2.28. The molecule has 0 amide bonds. The van der Waals surface area contributed by atoms with Crippen LogP contribution in [0.1, 0.15) is 29.0 Å². The lowest BCUT2D eigenvalue weighted by molar-refractivity contribution is -0.144. The molecule has 2 rings (SSSR count). The van der Waals surface area contributed by atoms with Crippen molar-refractivity contribution in [1.82, 2.24) is 4.90 Å². The van der Waals surface area contributed by atoms with Gasteiger partial charge in [-0.25, -0.2) is 0 Å². The molecule has 17 heavy (non-hydrogen) atoms. The number of rotatable bonds is 3. The Labute approximate surface area is 114 Å². The second kappa shape index (κ2) is 5.50. The average Bonchev–Trinajstić information content (AvgIpc) is 2.58. The van der Waals surface area contributed by atoms with Crippen LogP contribution in [0.15, 0.2) is 10.5 Å². The fourth-order valence-electron chi connectivity index (χ4n) is 2.28. The molecule has 0 saturated carbocycles. The molecule has 0 spiro atoms. The van der Waals surface area contributed by atoms with E-state index in [2.05, 4.69) is 33.8 Å². The van der Waals surface area contributed by atoms with Crippen molar-refractivity contribution in [3.63, 3.8) is 0 Å². The van der Waals surface area contributed by atoms with Crippen LogP contribution in [0.5, 0.6) is 0 Å². The van der Waals surface area contributed by atoms with E-state index in [-0.39, 0.29) is 6.04 Å². The standard InChI is InChI=1S/C12H16BrNO2S/c1-8-6-9(13)11(17-8)7-14-5-3-2-4-10(14)12(15)16/h6,10H,2-5,7H2,1H3,(H,15,16). The Morgan fingerprint density at radius 3 is 3.00 bits per heavy atom. The van der Waals surface area contributed by atoms with E-state index in [1.807, 2.05) is 0 Å². The molecule has 1 atom stereocenters. The molecule has 0 aromatic carbocycles. The Bertz CT molecular complexity index is 419. The smallest absolute Gasteiger partial charge is 0.320 e. The van der Waals surface area contributed by atoms with Crippen LogP contribution in [0.25, 0.3) is 0 Å². The molecule has 94 valence electrons. The van der Waals surface area contributed by atoms with Crippen molar-refractivity contribution in [3.05, 3.63) is 20.3 Å². The SMILES string of the molecule is Cc1cc(Br)c(CN2CCCCC2C(=O)O)s1. The first kappa shape index (κ1) is 13.1. The molecule has 1 aliphatic rings. The zero-order chi connectivity index (χ0) is 12.4. The van der Waals surface area contributed by atoms with Crippen LogP contribution in [0.2, 0.25) is 0 Å². The summed E-state index contributed by atoms with van der Waals surface area (Å²) < 4.78 is 1.11. The van der Waals surface area contributed by atoms with Gasteiger partial charge in [-0.15, -0.1) is 11.3 Å². The normalized spacial score (nSPS) is 21.6. The van der Waals surface area contributed by atoms with Gasteiger partial charge in [0, 0.05) is 20.8 Å². The molecule has 0 aliphatic carbocycles. The monoisotopic (exact) mass is 317 g/mol. The first-order valence-corrected chi connectivity index (χ1v) is 7.40. The van der Waals surface area contributed by atoms with Crippen molar-refractivity contribution in [2.75, 3.05) is 6.54 Å². The van der Waals surface area contributed by atoms with Crippen molar-refractivity contribution in [3.8, 4) is 0 Å². The van der Waals surface area contributed by atoms with Gasteiger partial charge in [-0.05, 0) is 48.3 Å². The molecule has 2 heterocycles. The largest absolute Gasteiger partial charge is 0.480 e. The summed E-state index contributed by atoms with van der Waals surface area (Å²) in [6.07, 6.45) is 2.90. The third kappa shape index (κ3) is 3.09. The van der Waals surface area contributed by atoms with Gasteiger partial charge in [-0.3, -0.25) is 9.69 Å². The molecule has 0 radical (unpaired) electrons. The minimum Gasteiger partial charge on any atom is -0.480 e. The first-order chi connectivity index (χ1) is 8.08. The molecule has 0 bridgehead atoms. The van der Waals surface area contributed by atoms with Gasteiger partial charge in [0.25, 0.3) is 0 Å². The number of likely N-dealkylation sites (tertiary alicyclic amines) is 1. The molecule has 3 nitrogen and oxygen atoms in total. The maximum Gasteiger partial charge on any atom is 0.320 e. The number of piperidine rings is 1. The van der Waals surface area contributed by atoms with Gasteiger partial charge < -0.3 is 5.11 Å². The lowest BCUT2D eigenvalue weighted by Gasteiger charge is -2.32. The summed E-state index contributed by atoms with van der Waals surface area (Å²) in [5, 5.41) is 9.21. The predicted octanol–water partition coefficient (Wildman–Crippen LogP) is 3.26. The Balaban J connectivity index is 2.10. The van der Waals surface area contributed by atoms with Crippen molar-refractivity contribution >= 4 is 33.2 Å². The molecule has 1 fully saturated rings. The van der Waals surface area contributed by atoms with Gasteiger partial charge in [0.15, 0.2) is 0 Å². The van der Waals surface area contributed by atoms with Crippen LogP contribution in [-0.4, -0.2) is 28.6 Å². The number of hydrogen-bond acceptors (Lipinski definition) is 3. The van der Waals surface area contributed by atoms with E-state index >= 15 is 0 Å². The number of aliphatic carboxylic acids is 1. The highest BCUT2D eigenvalue weighted by molar-refractivity contribution is 9.10. The number of thiophene rings is 1. The number of carboxylic acids is 1. The molecule has 1 saturated heterocycles. The maximum atomic E-state index is 11.2. The Kier molecular flexibility index (Phi) is 4.22. The van der Waals surface area contributed by atoms with Crippen LogP contribution in [-0.2, 0) is 11.3 Å². The number of nitrogens with zero attached hydrogens (tertiary/aromatic N) is 1. The summed E-state index contributed by atoms with van der Waals surface area (Å²) in [6.45, 7) is 3.71. The third-order valence-electron chi connectivity index (χ3n) is 3.13. The predicted molar refractivity (Wildman–Crippen MR) is 72.4 cm³/mol. The molecule has 1 aromatic rings. The van der Waals surface area contributed by atoms with E-state index in [9.17, 15) is 9.90 Å². The summed E-state index contributed by atoms with van der Waals surface area (Å²) in [5.41, 5.74) is 0. The van der Waals surface area contributed by atoms with Crippen LogP contribution >= 0.6 is 27.3 Å². The molecule has 1 N–H and O–H groups in total. The van der Waals surface area contributed by atoms with E-state index in [1.54, 1.807) is 11.3 Å². The van der Waals surface area contributed by atoms with Gasteiger partial charge in [0.2, 0.25) is 0 Å². The van der Waals surface area contributed by atoms with Crippen LogP contribution < -0.4 is 0 Å². The van der Waals surface area contributed by atoms with Crippen molar-refractivity contribution in [2.24, 2.45) is 0 Å². The topological polar surface area (TPSA) is 40.5 Å². The Hall–Kier alpha value is -0.390. The van der Waals surface area contributed by atoms with Gasteiger partial charge >= 0.3 is 5.97 Å². The van der Waals surface area contributed by atoms with Gasteiger partial charge in [-0.2, -0.15) is 0 Å². The summed E-state index contributed by atoms with van der Waals surface area (Å²) in [7, 11) is 0. The number of carbonyl (C=O) groups is 1. The number of hydrogen-bond donors (Lipinski definition) is 1. The Morgan fingerprint density at radius 1 is 1.65 bits per heavy atom. The number of halogens is 1. The van der Waals surface area contributed by atoms with Gasteiger partial charge in [0.1, 0.15) is 6.04 Å². The van der Waals surface area contributed by atoms with E-state index < -0.39 is 5.97 Å². The average molecular weight is 318 g/mol. The van der Waals surface area contributed by atoms with Gasteiger partial charge in [0.05, 0.1) is 0 Å². The quantitative estimate of drug-likeness (QED) is 0.930. The maximum absolute atomic E-state index is 11.2. The zero-order valence-electron chi connectivity index (χ0n) is 9.78. The molecule has 1 aliphatic heterocycles. The number of aryl methyl sites for hydroxylation is 1. The Morgan fingerprint density at radius 2 is 2.41 bits per heavy atom. The van der Waals surface area contributed by atoms with E-state index in [0.29, 0.717) is 0 Å². The van der Waals surface area contributed by atoms with Crippen LogP contribution in [0.4, 0.5) is 0 Å². The highest BCUT2D eigenvalue weighted by Crippen LogP contribution is 2.30. The summed E-state index contributed by atoms with van der Waals surface area (Å²) >= 11 is 5.28. The molecular weight excluding hydrogens is 302 g/mol. The summed E-state index contributed by atoms with van der Waals surface area (Å²) in [6, 6.07) is 1.79. The van der Waals surface area contributed by atoms with Crippen molar-refractivity contribution < 1.29 is 9.90 Å². The van der Waals surface area contributed by atoms with Crippen LogP contribution in [0, 0.1) is 6.92 Å². The van der Waals surface area contributed by atoms with E-state index in [0.717, 1.165) is 36.8 Å². The fraction of sp³-hybridized carbons (Fsp3) is 0.583. The summed E-state index contributed by atoms with van der Waals surface area (Å²) in [5.74, 6) is -0.686. The number of carboxylic acid groups (broad SMARTS) is 1. The minimum absolute atomic E-state index is 0.307. The molecule has 1 unspecified atom stereocenters. The van der Waals surface area contributed by atoms with Crippen LogP contribution in [0.3, 0.4) is 0 Å². The molecule has 5 heteroatoms. The van der Waals surface area contributed by atoms with Crippen molar-refractivity contribution in [2.45, 2.75) is 38.8 Å². The second-order valence-electron chi connectivity index (χ2n) is 4.45. The van der Waals surface area contributed by atoms with Crippen molar-refractivity contribution in [1.29, 1.82) is 0 Å². The summed E-state index contributed by atoms with van der Waals surface area (Å²) in [4.78, 5) is 15.8. The van der Waals surface area contributed by atoms with Gasteiger partial charge in [-0.1, -0.05) is 6.42 Å². The fourth-order valence-corrected chi connectivity index (χ4v) is 4.10. The van der Waals surface area contributed by atoms with E-state index in [1.165, 1.54) is 9.75 Å². The minimum atomic E-state index is -0.686. The zero-order valence-corrected chi connectivity index (χ0v) is 12.2. The highest BCUT2D eigenvalue weighted by atomic mass is 79.9. The molecular formula is C12H16BrNO2S.